The topological polar surface area (TPSA) is 59.5 Å². The van der Waals surface area contributed by atoms with Gasteiger partial charge in [0.2, 0.25) is 0 Å². The molecule has 0 aliphatic carbocycles. The smallest absolute Gasteiger partial charge is 0.338 e. The Morgan fingerprint density at radius 2 is 1.85 bits per heavy atom. The second kappa shape index (κ2) is 7.79. The van der Waals surface area contributed by atoms with Crippen molar-refractivity contribution in [1.82, 2.24) is 9.88 Å². The van der Waals surface area contributed by atoms with Gasteiger partial charge in [0, 0.05) is 13.1 Å². The van der Waals surface area contributed by atoms with Crippen molar-refractivity contribution in [3.05, 3.63) is 64.7 Å². The van der Waals surface area contributed by atoms with Crippen LogP contribution in [0.1, 0.15) is 28.3 Å². The van der Waals surface area contributed by atoms with Crippen molar-refractivity contribution < 1.29 is 23.1 Å². The highest BCUT2D eigenvalue weighted by Gasteiger charge is 2.22. The van der Waals surface area contributed by atoms with Crippen molar-refractivity contribution in [1.29, 1.82) is 0 Å². The average Bonchev–Trinajstić information content (AvgIpc) is 3.08. The lowest BCUT2D eigenvalue weighted by atomic mass is 10.2. The number of hydrogen-bond donors (Lipinski definition) is 0. The van der Waals surface area contributed by atoms with Crippen LogP contribution in [0.4, 0.5) is 8.78 Å². The molecule has 1 heterocycles. The molecule has 5 nitrogen and oxygen atoms in total. The van der Waals surface area contributed by atoms with E-state index >= 15 is 0 Å². The first-order valence-electron chi connectivity index (χ1n) is 8.09. The molecule has 1 amide bonds. The van der Waals surface area contributed by atoms with E-state index in [-0.39, 0.29) is 11.6 Å². The first-order chi connectivity index (χ1) is 12.8. The minimum Gasteiger partial charge on any atom is -0.452 e. The van der Waals surface area contributed by atoms with E-state index in [0.29, 0.717) is 6.07 Å². The number of para-hydroxylation sites is 1. The van der Waals surface area contributed by atoms with Gasteiger partial charge in [-0.3, -0.25) is 4.79 Å². The van der Waals surface area contributed by atoms with E-state index in [4.69, 9.17) is 4.74 Å². The van der Waals surface area contributed by atoms with Crippen LogP contribution in [0, 0.1) is 11.6 Å². The largest absolute Gasteiger partial charge is 0.452 e. The van der Waals surface area contributed by atoms with Gasteiger partial charge in [-0.2, -0.15) is 0 Å². The molecule has 2 aromatic carbocycles. The SMILES string of the molecule is C[C@@H](c1nc2ccccc2s1)N(C)C(=O)COC(=O)c1cc(F)cc(F)c1. The van der Waals surface area contributed by atoms with Crippen molar-refractivity contribution in [2.45, 2.75) is 13.0 Å². The lowest BCUT2D eigenvalue weighted by Gasteiger charge is -2.23. The molecule has 8 heteroatoms. The number of hydrogen-bond acceptors (Lipinski definition) is 5. The first kappa shape index (κ1) is 18.9. The number of carbonyl (C=O) groups is 2. The summed E-state index contributed by atoms with van der Waals surface area (Å²) in [4.78, 5) is 30.1. The molecule has 0 bridgehead atoms. The van der Waals surface area contributed by atoms with E-state index in [1.165, 1.54) is 16.2 Å². The van der Waals surface area contributed by atoms with E-state index in [9.17, 15) is 18.4 Å². The summed E-state index contributed by atoms with van der Waals surface area (Å²) in [6.07, 6.45) is 0. The molecule has 0 N–H and O–H groups in total. The molecule has 3 rings (SSSR count). The van der Waals surface area contributed by atoms with Gasteiger partial charge in [0.15, 0.2) is 6.61 Å². The highest BCUT2D eigenvalue weighted by atomic mass is 32.1. The minimum atomic E-state index is -0.970. The van der Waals surface area contributed by atoms with Crippen LogP contribution in [0.15, 0.2) is 42.5 Å². The average molecular weight is 390 g/mol. The predicted molar refractivity (Wildman–Crippen MR) is 97.4 cm³/mol. The van der Waals surface area contributed by atoms with Crippen LogP contribution >= 0.6 is 11.3 Å². The van der Waals surface area contributed by atoms with Crippen LogP contribution in [0.2, 0.25) is 0 Å². The molecule has 140 valence electrons. The number of benzene rings is 2. The Hall–Kier alpha value is -2.87. The number of esters is 1. The summed E-state index contributed by atoms with van der Waals surface area (Å²) >= 11 is 1.48. The molecule has 0 spiro atoms. The standard InChI is InChI=1S/C19H16F2N2O3S/c1-11(18-22-15-5-3-4-6-16(15)27-18)23(2)17(24)10-26-19(25)12-7-13(20)9-14(21)8-12/h3-9,11H,10H2,1-2H3/t11-/m0/s1. The predicted octanol–water partition coefficient (Wildman–Crippen LogP) is 3.95. The van der Waals surface area contributed by atoms with E-state index in [2.05, 4.69) is 4.98 Å². The number of aromatic nitrogens is 1. The quantitative estimate of drug-likeness (QED) is 0.619. The van der Waals surface area contributed by atoms with Crippen LogP contribution in [-0.2, 0) is 9.53 Å². The summed E-state index contributed by atoms with van der Waals surface area (Å²) in [5.41, 5.74) is 0.562. The van der Waals surface area contributed by atoms with Crippen LogP contribution in [0.25, 0.3) is 10.2 Å². The first-order valence-corrected chi connectivity index (χ1v) is 8.91. The Labute approximate surface area is 158 Å². The molecule has 27 heavy (non-hydrogen) atoms. The van der Waals surface area contributed by atoms with Gasteiger partial charge in [0.05, 0.1) is 21.8 Å². The fraction of sp³-hybridized carbons (Fsp3) is 0.211. The van der Waals surface area contributed by atoms with Gasteiger partial charge in [-0.25, -0.2) is 18.6 Å². The number of fused-ring (bicyclic) bond motifs is 1. The third-order valence-electron chi connectivity index (χ3n) is 4.07. The zero-order chi connectivity index (χ0) is 19.6. The number of ether oxygens (including phenoxy) is 1. The lowest BCUT2D eigenvalue weighted by molar-refractivity contribution is -0.135. The number of carbonyl (C=O) groups excluding carboxylic acids is 2. The van der Waals surface area contributed by atoms with Crippen LogP contribution in [-0.4, -0.2) is 35.4 Å². The normalized spacial score (nSPS) is 12.0. The molecule has 0 fully saturated rings. The molecule has 1 atom stereocenters. The van der Waals surface area contributed by atoms with Gasteiger partial charge in [-0.05, 0) is 31.2 Å². The summed E-state index contributed by atoms with van der Waals surface area (Å²) in [7, 11) is 1.58. The van der Waals surface area contributed by atoms with Crippen LogP contribution in [0.3, 0.4) is 0 Å². The fourth-order valence-corrected chi connectivity index (χ4v) is 3.50. The van der Waals surface area contributed by atoms with Gasteiger partial charge in [0.1, 0.15) is 16.6 Å². The summed E-state index contributed by atoms with van der Waals surface area (Å²) in [6.45, 7) is 1.28. The highest BCUT2D eigenvalue weighted by molar-refractivity contribution is 7.18. The monoisotopic (exact) mass is 390 g/mol. The van der Waals surface area contributed by atoms with E-state index in [1.54, 1.807) is 7.05 Å². The Bertz CT molecular complexity index is 952. The molecule has 0 radical (unpaired) electrons. The summed E-state index contributed by atoms with van der Waals surface area (Å²) < 4.78 is 32.2. The summed E-state index contributed by atoms with van der Waals surface area (Å²) in [6, 6.07) is 9.68. The lowest BCUT2D eigenvalue weighted by Crippen LogP contribution is -2.33. The Morgan fingerprint density at radius 1 is 1.19 bits per heavy atom. The minimum absolute atomic E-state index is 0.290. The van der Waals surface area contributed by atoms with E-state index in [0.717, 1.165) is 27.4 Å². The maximum absolute atomic E-state index is 13.2. The maximum Gasteiger partial charge on any atom is 0.338 e. The number of rotatable bonds is 5. The zero-order valence-electron chi connectivity index (χ0n) is 14.6. The van der Waals surface area contributed by atoms with Crippen molar-refractivity contribution in [2.24, 2.45) is 0 Å². The van der Waals surface area contributed by atoms with Gasteiger partial charge in [-0.1, -0.05) is 12.1 Å². The second-order valence-electron chi connectivity index (χ2n) is 5.93. The molecule has 0 aliphatic rings. The van der Waals surface area contributed by atoms with E-state index in [1.807, 2.05) is 31.2 Å². The number of nitrogens with zero attached hydrogens (tertiary/aromatic N) is 2. The third-order valence-corrected chi connectivity index (χ3v) is 5.27. The molecule has 0 saturated heterocycles. The highest BCUT2D eigenvalue weighted by Crippen LogP contribution is 2.28. The van der Waals surface area contributed by atoms with Crippen LogP contribution in [0.5, 0.6) is 0 Å². The second-order valence-corrected chi connectivity index (χ2v) is 7.00. The van der Waals surface area contributed by atoms with Crippen molar-refractivity contribution >= 4 is 33.4 Å². The number of likely N-dealkylation sites (N-methyl/N-ethyl adjacent to an activating group) is 1. The van der Waals surface area contributed by atoms with Gasteiger partial charge in [0.25, 0.3) is 5.91 Å². The van der Waals surface area contributed by atoms with Crippen LogP contribution < -0.4 is 0 Å². The Morgan fingerprint density at radius 3 is 2.52 bits per heavy atom. The Kier molecular flexibility index (Phi) is 5.46. The van der Waals surface area contributed by atoms with Gasteiger partial charge in [-0.15, -0.1) is 11.3 Å². The third kappa shape index (κ3) is 4.28. The van der Waals surface area contributed by atoms with E-state index < -0.39 is 30.1 Å². The zero-order valence-corrected chi connectivity index (χ0v) is 15.4. The molecule has 0 aliphatic heterocycles. The Balaban J connectivity index is 1.63. The van der Waals surface area contributed by atoms with Crippen molar-refractivity contribution in [2.75, 3.05) is 13.7 Å². The molecular formula is C19H16F2N2O3S. The maximum atomic E-state index is 13.2. The van der Waals surface area contributed by atoms with Crippen molar-refractivity contribution in [3.63, 3.8) is 0 Å². The van der Waals surface area contributed by atoms with Crippen molar-refractivity contribution in [3.8, 4) is 0 Å². The molecular weight excluding hydrogens is 374 g/mol. The molecule has 1 aromatic heterocycles. The summed E-state index contributed by atoms with van der Waals surface area (Å²) in [5.74, 6) is -3.21. The van der Waals surface area contributed by atoms with Gasteiger partial charge < -0.3 is 9.64 Å². The van der Waals surface area contributed by atoms with Gasteiger partial charge >= 0.3 is 5.97 Å². The number of thiazole rings is 1. The summed E-state index contributed by atoms with van der Waals surface area (Å²) in [5, 5.41) is 0.755. The molecule has 0 saturated carbocycles. The fourth-order valence-electron chi connectivity index (χ4n) is 2.43. The number of amides is 1. The number of halogens is 2. The molecule has 0 unspecified atom stereocenters. The molecule has 3 aromatic rings.